The smallest absolute Gasteiger partial charge is 0.323 e. The Balaban J connectivity index is 1.71. The number of carbonyl (C=O) groups is 2. The van der Waals surface area contributed by atoms with Crippen LogP contribution in [0.15, 0.2) is 30.5 Å². The molecule has 2 N–H and O–H groups in total. The average Bonchev–Trinajstić information content (AvgIpc) is 3.16. The number of aromatic nitrogens is 2. The lowest BCUT2D eigenvalue weighted by molar-refractivity contribution is -0.141. The van der Waals surface area contributed by atoms with Gasteiger partial charge in [-0.3, -0.25) is 10.1 Å². The molecule has 7 nitrogen and oxygen atoms in total. The van der Waals surface area contributed by atoms with E-state index < -0.39 is 11.9 Å². The van der Waals surface area contributed by atoms with Gasteiger partial charge in [0.15, 0.2) is 5.82 Å². The van der Waals surface area contributed by atoms with Crippen LogP contribution in [0.3, 0.4) is 0 Å². The van der Waals surface area contributed by atoms with E-state index in [2.05, 4.69) is 10.4 Å². The molecular weight excluding hydrogens is 332 g/mol. The predicted octanol–water partition coefficient (Wildman–Crippen LogP) is 2.77. The van der Waals surface area contributed by atoms with E-state index in [1.807, 2.05) is 25.3 Å². The normalized spacial score (nSPS) is 17.1. The van der Waals surface area contributed by atoms with Crippen molar-refractivity contribution in [2.75, 3.05) is 18.4 Å². The molecule has 1 aromatic heterocycles. The van der Waals surface area contributed by atoms with E-state index in [4.69, 9.17) is 16.7 Å². The molecule has 0 aliphatic carbocycles. The fraction of sp³-hybridized carbons (Fsp3) is 0.312. The molecule has 3 rings (SSSR count). The van der Waals surface area contributed by atoms with Crippen molar-refractivity contribution >= 4 is 29.4 Å². The summed E-state index contributed by atoms with van der Waals surface area (Å²) in [7, 11) is 0. The SMILES string of the molecule is Cc1cn(-c2ccc(Cl)cc2)nc1NC(=O)N1CCC(C(=O)O)C1. The number of benzene rings is 1. The van der Waals surface area contributed by atoms with Crippen LogP contribution >= 0.6 is 11.6 Å². The molecule has 0 saturated carbocycles. The summed E-state index contributed by atoms with van der Waals surface area (Å²) in [6, 6.07) is 6.87. The van der Waals surface area contributed by atoms with Gasteiger partial charge < -0.3 is 10.0 Å². The van der Waals surface area contributed by atoms with Crippen LogP contribution in [-0.2, 0) is 4.79 Å². The zero-order valence-electron chi connectivity index (χ0n) is 13.1. The second kappa shape index (κ2) is 6.52. The Labute approximate surface area is 143 Å². The van der Waals surface area contributed by atoms with E-state index in [0.717, 1.165) is 11.3 Å². The van der Waals surface area contributed by atoms with Crippen molar-refractivity contribution in [3.63, 3.8) is 0 Å². The van der Waals surface area contributed by atoms with Gasteiger partial charge in [0.25, 0.3) is 0 Å². The van der Waals surface area contributed by atoms with Crippen molar-refractivity contribution in [1.29, 1.82) is 0 Å². The summed E-state index contributed by atoms with van der Waals surface area (Å²) in [5.41, 5.74) is 1.64. The maximum absolute atomic E-state index is 12.3. The van der Waals surface area contributed by atoms with Gasteiger partial charge >= 0.3 is 12.0 Å². The standard InChI is InChI=1S/C16H17ClN4O3/c1-10-8-21(13-4-2-12(17)3-5-13)19-14(10)18-16(24)20-7-6-11(9-20)15(22)23/h2-5,8,11H,6-7,9H2,1H3,(H,22,23)(H,18,19,24). The molecule has 126 valence electrons. The molecule has 1 atom stereocenters. The van der Waals surface area contributed by atoms with Gasteiger partial charge in [-0.15, -0.1) is 5.10 Å². The molecule has 2 amide bonds. The fourth-order valence-electron chi connectivity index (χ4n) is 2.64. The van der Waals surface area contributed by atoms with Crippen molar-refractivity contribution in [3.8, 4) is 5.69 Å². The Bertz CT molecular complexity index is 772. The second-order valence-electron chi connectivity index (χ2n) is 5.78. The van der Waals surface area contributed by atoms with E-state index in [1.165, 1.54) is 4.90 Å². The van der Waals surface area contributed by atoms with Crippen molar-refractivity contribution in [1.82, 2.24) is 14.7 Å². The van der Waals surface area contributed by atoms with Crippen LogP contribution in [0.1, 0.15) is 12.0 Å². The zero-order valence-corrected chi connectivity index (χ0v) is 13.8. The molecule has 1 aliphatic heterocycles. The molecule has 0 spiro atoms. The van der Waals surface area contributed by atoms with E-state index in [9.17, 15) is 9.59 Å². The highest BCUT2D eigenvalue weighted by Gasteiger charge is 2.31. The molecular formula is C16H17ClN4O3. The van der Waals surface area contributed by atoms with Gasteiger partial charge in [0.05, 0.1) is 11.6 Å². The first-order chi connectivity index (χ1) is 11.4. The highest BCUT2D eigenvalue weighted by atomic mass is 35.5. The third-order valence-corrected chi connectivity index (χ3v) is 4.29. The summed E-state index contributed by atoms with van der Waals surface area (Å²) in [6.07, 6.45) is 2.28. The minimum absolute atomic E-state index is 0.220. The number of rotatable bonds is 3. The Morgan fingerprint density at radius 2 is 2.04 bits per heavy atom. The number of carboxylic acids is 1. The van der Waals surface area contributed by atoms with Gasteiger partial charge in [-0.25, -0.2) is 9.48 Å². The summed E-state index contributed by atoms with van der Waals surface area (Å²) in [5, 5.41) is 16.8. The van der Waals surface area contributed by atoms with Crippen LogP contribution in [0, 0.1) is 12.8 Å². The summed E-state index contributed by atoms with van der Waals surface area (Å²) in [4.78, 5) is 24.8. The zero-order chi connectivity index (χ0) is 17.3. The number of urea groups is 1. The molecule has 1 saturated heterocycles. The van der Waals surface area contributed by atoms with Gasteiger partial charge in [-0.05, 0) is 37.6 Å². The number of carboxylic acid groups (broad SMARTS) is 1. The molecule has 0 bridgehead atoms. The number of nitrogens with one attached hydrogen (secondary N) is 1. The average molecular weight is 349 g/mol. The highest BCUT2D eigenvalue weighted by Crippen LogP contribution is 2.20. The molecule has 1 fully saturated rings. The Hall–Kier alpha value is -2.54. The van der Waals surface area contributed by atoms with Gasteiger partial charge in [0.2, 0.25) is 0 Å². The van der Waals surface area contributed by atoms with Crippen molar-refractivity contribution in [2.45, 2.75) is 13.3 Å². The van der Waals surface area contributed by atoms with Crippen LogP contribution in [0.2, 0.25) is 5.02 Å². The molecule has 0 radical (unpaired) electrons. The number of aliphatic carboxylic acids is 1. The number of anilines is 1. The molecule has 1 aliphatic rings. The van der Waals surface area contributed by atoms with Crippen molar-refractivity contribution in [2.24, 2.45) is 5.92 Å². The summed E-state index contributed by atoms with van der Waals surface area (Å²) >= 11 is 5.88. The van der Waals surface area contributed by atoms with Crippen LogP contribution in [0.4, 0.5) is 10.6 Å². The first-order valence-corrected chi connectivity index (χ1v) is 7.93. The first kappa shape index (κ1) is 16.3. The summed E-state index contributed by atoms with van der Waals surface area (Å²) in [5.74, 6) is -0.911. The van der Waals surface area contributed by atoms with Crippen LogP contribution in [0.25, 0.3) is 5.69 Å². The lowest BCUT2D eigenvalue weighted by Crippen LogP contribution is -2.34. The molecule has 8 heteroatoms. The largest absolute Gasteiger partial charge is 0.481 e. The second-order valence-corrected chi connectivity index (χ2v) is 6.22. The lowest BCUT2D eigenvalue weighted by Gasteiger charge is -2.15. The monoisotopic (exact) mass is 348 g/mol. The van der Waals surface area contributed by atoms with Gasteiger partial charge in [-0.2, -0.15) is 0 Å². The summed E-state index contributed by atoms with van der Waals surface area (Å²) < 4.78 is 1.66. The number of aryl methyl sites for hydroxylation is 1. The molecule has 24 heavy (non-hydrogen) atoms. The topological polar surface area (TPSA) is 87.5 Å². The van der Waals surface area contributed by atoms with Crippen LogP contribution in [-0.4, -0.2) is 44.9 Å². The third-order valence-electron chi connectivity index (χ3n) is 4.04. The molecule has 2 heterocycles. The van der Waals surface area contributed by atoms with Gasteiger partial charge in [-0.1, -0.05) is 11.6 Å². The number of hydrogen-bond acceptors (Lipinski definition) is 3. The maximum Gasteiger partial charge on any atom is 0.323 e. The molecule has 1 aromatic carbocycles. The highest BCUT2D eigenvalue weighted by molar-refractivity contribution is 6.30. The van der Waals surface area contributed by atoms with Crippen LogP contribution < -0.4 is 5.32 Å². The Morgan fingerprint density at radius 3 is 2.67 bits per heavy atom. The van der Waals surface area contributed by atoms with Gasteiger partial charge in [0.1, 0.15) is 0 Å². The van der Waals surface area contributed by atoms with Crippen molar-refractivity contribution < 1.29 is 14.7 Å². The quantitative estimate of drug-likeness (QED) is 0.892. The van der Waals surface area contributed by atoms with E-state index in [0.29, 0.717) is 23.8 Å². The minimum atomic E-state index is -0.867. The fourth-order valence-corrected chi connectivity index (χ4v) is 2.76. The number of amides is 2. The van der Waals surface area contributed by atoms with Crippen LogP contribution in [0.5, 0.6) is 0 Å². The summed E-state index contributed by atoms with van der Waals surface area (Å²) in [6.45, 7) is 2.50. The third kappa shape index (κ3) is 3.35. The number of likely N-dealkylation sites (tertiary alicyclic amines) is 1. The number of hydrogen-bond donors (Lipinski definition) is 2. The van der Waals surface area contributed by atoms with E-state index in [-0.39, 0.29) is 12.6 Å². The van der Waals surface area contributed by atoms with Gasteiger partial charge in [0, 0.05) is 29.9 Å². The first-order valence-electron chi connectivity index (χ1n) is 7.55. The molecule has 2 aromatic rings. The minimum Gasteiger partial charge on any atom is -0.481 e. The maximum atomic E-state index is 12.3. The van der Waals surface area contributed by atoms with Crippen molar-refractivity contribution in [3.05, 3.63) is 41.0 Å². The number of carbonyl (C=O) groups excluding carboxylic acids is 1. The number of halogens is 1. The predicted molar refractivity (Wildman–Crippen MR) is 89.6 cm³/mol. The van der Waals surface area contributed by atoms with E-state index >= 15 is 0 Å². The Kier molecular flexibility index (Phi) is 4.44. The Morgan fingerprint density at radius 1 is 1.33 bits per heavy atom. The van der Waals surface area contributed by atoms with E-state index in [1.54, 1.807) is 16.8 Å². The lowest BCUT2D eigenvalue weighted by atomic mass is 10.1. The molecule has 1 unspecified atom stereocenters. The number of nitrogens with zero attached hydrogens (tertiary/aromatic N) is 3.